The minimum Gasteiger partial charge on any atom is -0.382 e. The second-order valence-electron chi connectivity index (χ2n) is 5.80. The normalized spacial score (nSPS) is 34.9. The number of methoxy groups -OCH3 is 1. The molecule has 0 aromatic carbocycles. The molecule has 3 nitrogen and oxygen atoms in total. The molecule has 2 aliphatic carbocycles. The number of fused-ring (bicyclic) bond motifs is 1. The van der Waals surface area contributed by atoms with E-state index in [0.717, 1.165) is 31.6 Å². The van der Waals surface area contributed by atoms with Gasteiger partial charge in [-0.2, -0.15) is 0 Å². The van der Waals surface area contributed by atoms with E-state index < -0.39 is 0 Å². The van der Waals surface area contributed by atoms with Gasteiger partial charge in [-0.15, -0.1) is 0 Å². The van der Waals surface area contributed by atoms with Crippen LogP contribution in [-0.2, 0) is 9.47 Å². The predicted molar refractivity (Wildman–Crippen MR) is 69.1 cm³/mol. The molecule has 0 aliphatic heterocycles. The fourth-order valence-corrected chi connectivity index (χ4v) is 3.37. The summed E-state index contributed by atoms with van der Waals surface area (Å²) in [7, 11) is 1.72. The van der Waals surface area contributed by atoms with Crippen molar-refractivity contribution in [3.8, 4) is 0 Å². The van der Waals surface area contributed by atoms with Crippen LogP contribution in [0.15, 0.2) is 0 Å². The van der Waals surface area contributed by atoms with Crippen LogP contribution in [-0.4, -0.2) is 40.0 Å². The molecule has 2 fully saturated rings. The second kappa shape index (κ2) is 6.17. The maximum Gasteiger partial charge on any atom is 0.0700 e. The predicted octanol–water partition coefficient (Wildman–Crippen LogP) is 2.07. The van der Waals surface area contributed by atoms with Gasteiger partial charge >= 0.3 is 0 Å². The van der Waals surface area contributed by atoms with Gasteiger partial charge in [0, 0.05) is 20.3 Å². The molecular weight excluding hydrogens is 214 g/mol. The van der Waals surface area contributed by atoms with Gasteiger partial charge < -0.3 is 14.8 Å². The lowest BCUT2D eigenvalue weighted by Crippen LogP contribution is -2.34. The Morgan fingerprint density at radius 2 is 1.94 bits per heavy atom. The lowest BCUT2D eigenvalue weighted by molar-refractivity contribution is 0.0492. The van der Waals surface area contributed by atoms with E-state index in [-0.39, 0.29) is 0 Å². The van der Waals surface area contributed by atoms with Crippen LogP contribution in [0.2, 0.25) is 0 Å². The fraction of sp³-hybridized carbons (Fsp3) is 1.00. The van der Waals surface area contributed by atoms with Crippen LogP contribution in [0, 0.1) is 17.3 Å². The Bertz CT molecular complexity index is 222. The number of nitrogens with one attached hydrogen (secondary N) is 1. The lowest BCUT2D eigenvalue weighted by atomic mass is 9.80. The third-order valence-electron chi connectivity index (χ3n) is 4.42. The monoisotopic (exact) mass is 241 g/mol. The van der Waals surface area contributed by atoms with E-state index in [2.05, 4.69) is 12.2 Å². The molecule has 0 aromatic heterocycles. The minimum atomic E-state index is 0.538. The third kappa shape index (κ3) is 3.67. The van der Waals surface area contributed by atoms with Crippen LogP contribution in [0.4, 0.5) is 0 Å². The molecule has 0 bridgehead atoms. The summed E-state index contributed by atoms with van der Waals surface area (Å²) in [5.41, 5.74) is 0.538. The summed E-state index contributed by atoms with van der Waals surface area (Å²) in [6.45, 7) is 6.81. The van der Waals surface area contributed by atoms with E-state index in [1.807, 2.05) is 0 Å². The highest BCUT2D eigenvalue weighted by atomic mass is 16.5. The molecule has 0 spiro atoms. The van der Waals surface area contributed by atoms with Gasteiger partial charge in [0.1, 0.15) is 0 Å². The van der Waals surface area contributed by atoms with Gasteiger partial charge in [-0.25, -0.2) is 0 Å². The highest BCUT2D eigenvalue weighted by Gasteiger charge is 2.52. The van der Waals surface area contributed by atoms with Crippen molar-refractivity contribution in [2.45, 2.75) is 32.6 Å². The van der Waals surface area contributed by atoms with E-state index in [1.165, 1.54) is 32.2 Å². The molecule has 0 radical (unpaired) electrons. The summed E-state index contributed by atoms with van der Waals surface area (Å²) >= 11 is 0. The molecule has 2 aliphatic rings. The van der Waals surface area contributed by atoms with Gasteiger partial charge in [-0.1, -0.05) is 6.92 Å². The first-order valence-electron chi connectivity index (χ1n) is 7.07. The van der Waals surface area contributed by atoms with Crippen LogP contribution in [0.1, 0.15) is 32.6 Å². The topological polar surface area (TPSA) is 30.5 Å². The van der Waals surface area contributed by atoms with Crippen molar-refractivity contribution in [1.29, 1.82) is 0 Å². The number of ether oxygens (including phenoxy) is 2. The van der Waals surface area contributed by atoms with E-state index in [9.17, 15) is 0 Å². The van der Waals surface area contributed by atoms with Crippen molar-refractivity contribution in [2.24, 2.45) is 17.3 Å². The molecule has 2 saturated carbocycles. The quantitative estimate of drug-likeness (QED) is 0.627. The van der Waals surface area contributed by atoms with Crippen LogP contribution in [0.5, 0.6) is 0 Å². The molecule has 0 aromatic rings. The second-order valence-corrected chi connectivity index (χ2v) is 5.80. The number of rotatable bonds is 9. The molecule has 0 saturated heterocycles. The largest absolute Gasteiger partial charge is 0.382 e. The molecule has 1 N–H and O–H groups in total. The zero-order valence-corrected chi connectivity index (χ0v) is 11.3. The van der Waals surface area contributed by atoms with Crippen LogP contribution in [0.25, 0.3) is 0 Å². The molecule has 17 heavy (non-hydrogen) atoms. The summed E-state index contributed by atoms with van der Waals surface area (Å²) < 4.78 is 10.6. The molecule has 2 unspecified atom stereocenters. The molecule has 3 heteroatoms. The van der Waals surface area contributed by atoms with E-state index in [4.69, 9.17) is 9.47 Å². The van der Waals surface area contributed by atoms with E-state index in [1.54, 1.807) is 7.11 Å². The SMILES string of the molecule is CCNCC1(CCOCCOC)CC2CC2C1. The lowest BCUT2D eigenvalue weighted by Gasteiger charge is -2.31. The highest BCUT2D eigenvalue weighted by Crippen LogP contribution is 2.60. The highest BCUT2D eigenvalue weighted by molar-refractivity contribution is 5.03. The smallest absolute Gasteiger partial charge is 0.0700 e. The van der Waals surface area contributed by atoms with E-state index in [0.29, 0.717) is 12.0 Å². The van der Waals surface area contributed by atoms with Crippen LogP contribution >= 0.6 is 0 Å². The van der Waals surface area contributed by atoms with Gasteiger partial charge in [-0.05, 0) is 49.5 Å². The Hall–Kier alpha value is -0.120. The van der Waals surface area contributed by atoms with Gasteiger partial charge in [0.15, 0.2) is 0 Å². The standard InChI is InChI=1S/C14H27NO2/c1-3-15-11-14(4-5-17-7-6-16-2)9-12-8-13(12)10-14/h12-13,15H,3-11H2,1-2H3. The Morgan fingerprint density at radius 3 is 2.59 bits per heavy atom. The van der Waals surface area contributed by atoms with Crippen molar-refractivity contribution in [3.63, 3.8) is 0 Å². The minimum absolute atomic E-state index is 0.538. The Kier molecular flexibility index (Phi) is 4.83. The Balaban J connectivity index is 1.68. The number of hydrogen-bond donors (Lipinski definition) is 1. The molecule has 0 heterocycles. The fourth-order valence-electron chi connectivity index (χ4n) is 3.37. The maximum absolute atomic E-state index is 5.64. The molecule has 0 amide bonds. The summed E-state index contributed by atoms with van der Waals surface area (Å²) in [6, 6.07) is 0. The summed E-state index contributed by atoms with van der Waals surface area (Å²) in [5, 5.41) is 3.54. The summed E-state index contributed by atoms with van der Waals surface area (Å²) in [6.07, 6.45) is 5.58. The number of hydrogen-bond acceptors (Lipinski definition) is 3. The molecular formula is C14H27NO2. The van der Waals surface area contributed by atoms with Crippen LogP contribution < -0.4 is 5.32 Å². The zero-order chi connectivity index (χ0) is 12.1. The van der Waals surface area contributed by atoms with Crippen molar-refractivity contribution in [1.82, 2.24) is 5.32 Å². The molecule has 100 valence electrons. The first-order chi connectivity index (χ1) is 8.29. The maximum atomic E-state index is 5.64. The average Bonchev–Trinajstić information content (AvgIpc) is 2.95. The molecule has 2 atom stereocenters. The van der Waals surface area contributed by atoms with Crippen molar-refractivity contribution >= 4 is 0 Å². The van der Waals surface area contributed by atoms with Gasteiger partial charge in [0.2, 0.25) is 0 Å². The Labute approximate surface area is 105 Å². The van der Waals surface area contributed by atoms with Crippen molar-refractivity contribution in [2.75, 3.05) is 40.0 Å². The summed E-state index contributed by atoms with van der Waals surface area (Å²) in [4.78, 5) is 0. The van der Waals surface area contributed by atoms with Crippen molar-refractivity contribution in [3.05, 3.63) is 0 Å². The first-order valence-corrected chi connectivity index (χ1v) is 7.07. The molecule has 2 rings (SSSR count). The zero-order valence-electron chi connectivity index (χ0n) is 11.3. The summed E-state index contributed by atoms with van der Waals surface area (Å²) in [5.74, 6) is 2.10. The van der Waals surface area contributed by atoms with E-state index >= 15 is 0 Å². The third-order valence-corrected chi connectivity index (χ3v) is 4.42. The van der Waals surface area contributed by atoms with Gasteiger partial charge in [-0.3, -0.25) is 0 Å². The van der Waals surface area contributed by atoms with Gasteiger partial charge in [0.25, 0.3) is 0 Å². The van der Waals surface area contributed by atoms with Crippen molar-refractivity contribution < 1.29 is 9.47 Å². The van der Waals surface area contributed by atoms with Crippen LogP contribution in [0.3, 0.4) is 0 Å². The Morgan fingerprint density at radius 1 is 1.18 bits per heavy atom. The first kappa shape index (κ1) is 13.3. The average molecular weight is 241 g/mol. The van der Waals surface area contributed by atoms with Gasteiger partial charge in [0.05, 0.1) is 13.2 Å².